The van der Waals surface area contributed by atoms with Crippen LogP contribution in [0.15, 0.2) is 45.1 Å². The molecule has 0 saturated heterocycles. The van der Waals surface area contributed by atoms with Crippen molar-refractivity contribution in [3.63, 3.8) is 0 Å². The summed E-state index contributed by atoms with van der Waals surface area (Å²) in [6.07, 6.45) is 0.692. The second-order valence-electron chi connectivity index (χ2n) is 3.88. The summed E-state index contributed by atoms with van der Waals surface area (Å²) >= 11 is 4.55. The topological polar surface area (TPSA) is 72.2 Å². The number of hydrogen-bond donors (Lipinski definition) is 2. The number of sulfonamides is 1. The SMILES string of the molecule is NCCc1ccc(S(=O)(=O)Nc2cccc(Br)c2)s1. The number of thiophene rings is 1. The minimum atomic E-state index is -3.52. The highest BCUT2D eigenvalue weighted by Crippen LogP contribution is 2.25. The van der Waals surface area contributed by atoms with Crippen LogP contribution in [0, 0.1) is 0 Å². The van der Waals surface area contributed by atoms with E-state index in [0.717, 1.165) is 9.35 Å². The summed E-state index contributed by atoms with van der Waals surface area (Å²) in [5.41, 5.74) is 5.99. The maximum Gasteiger partial charge on any atom is 0.271 e. The average Bonchev–Trinajstić information content (AvgIpc) is 2.78. The molecule has 3 N–H and O–H groups in total. The normalized spacial score (nSPS) is 11.5. The van der Waals surface area contributed by atoms with E-state index in [1.165, 1.54) is 11.3 Å². The Morgan fingerprint density at radius 1 is 1.26 bits per heavy atom. The van der Waals surface area contributed by atoms with Crippen molar-refractivity contribution in [1.82, 2.24) is 0 Å². The molecule has 2 rings (SSSR count). The van der Waals surface area contributed by atoms with E-state index in [-0.39, 0.29) is 0 Å². The highest BCUT2D eigenvalue weighted by molar-refractivity contribution is 9.10. The number of nitrogens with one attached hydrogen (secondary N) is 1. The number of hydrogen-bond acceptors (Lipinski definition) is 4. The van der Waals surface area contributed by atoms with Crippen molar-refractivity contribution in [3.8, 4) is 0 Å². The van der Waals surface area contributed by atoms with Crippen LogP contribution in [0.4, 0.5) is 5.69 Å². The summed E-state index contributed by atoms with van der Waals surface area (Å²) in [5, 5.41) is 0. The molecule has 0 atom stereocenters. The third-order valence-electron chi connectivity index (χ3n) is 2.37. The van der Waals surface area contributed by atoms with Gasteiger partial charge in [0.2, 0.25) is 0 Å². The summed E-state index contributed by atoms with van der Waals surface area (Å²) in [5.74, 6) is 0. The second kappa shape index (κ2) is 6.04. The van der Waals surface area contributed by atoms with E-state index in [9.17, 15) is 8.42 Å². The average molecular weight is 361 g/mol. The Morgan fingerprint density at radius 3 is 2.74 bits per heavy atom. The van der Waals surface area contributed by atoms with Crippen LogP contribution in [0.1, 0.15) is 4.88 Å². The van der Waals surface area contributed by atoms with E-state index in [0.29, 0.717) is 22.9 Å². The van der Waals surface area contributed by atoms with Crippen LogP contribution in [0.5, 0.6) is 0 Å². The van der Waals surface area contributed by atoms with Gasteiger partial charge in [-0.25, -0.2) is 8.42 Å². The molecule has 4 nitrogen and oxygen atoms in total. The molecule has 1 heterocycles. The molecule has 102 valence electrons. The first kappa shape index (κ1) is 14.5. The molecule has 1 aromatic heterocycles. The molecule has 0 saturated carbocycles. The molecule has 19 heavy (non-hydrogen) atoms. The lowest BCUT2D eigenvalue weighted by atomic mass is 10.3. The van der Waals surface area contributed by atoms with Gasteiger partial charge < -0.3 is 5.73 Å². The van der Waals surface area contributed by atoms with Gasteiger partial charge in [-0.3, -0.25) is 4.72 Å². The predicted molar refractivity (Wildman–Crippen MR) is 82.0 cm³/mol. The van der Waals surface area contributed by atoms with Crippen molar-refractivity contribution in [1.29, 1.82) is 0 Å². The lowest BCUT2D eigenvalue weighted by molar-refractivity contribution is 0.603. The van der Waals surface area contributed by atoms with Gasteiger partial charge in [-0.1, -0.05) is 22.0 Å². The van der Waals surface area contributed by atoms with Gasteiger partial charge in [-0.2, -0.15) is 0 Å². The van der Waals surface area contributed by atoms with Crippen molar-refractivity contribution in [3.05, 3.63) is 45.7 Å². The predicted octanol–water partition coefficient (Wildman–Crippen LogP) is 2.81. The van der Waals surface area contributed by atoms with E-state index < -0.39 is 10.0 Å². The van der Waals surface area contributed by atoms with Crippen molar-refractivity contribution < 1.29 is 8.42 Å². The molecular weight excluding hydrogens is 348 g/mol. The standard InChI is InChI=1S/C12H13BrN2O2S2/c13-9-2-1-3-10(8-9)15-19(16,17)12-5-4-11(18-12)6-7-14/h1-5,8,15H,6-7,14H2. The fourth-order valence-corrected chi connectivity index (χ4v) is 4.36. The summed E-state index contributed by atoms with van der Waals surface area (Å²) in [6.45, 7) is 0.513. The van der Waals surface area contributed by atoms with E-state index in [2.05, 4.69) is 20.7 Å². The van der Waals surface area contributed by atoms with Crippen LogP contribution in [0.2, 0.25) is 0 Å². The van der Waals surface area contributed by atoms with Gasteiger partial charge >= 0.3 is 0 Å². The van der Waals surface area contributed by atoms with Crippen LogP contribution in [-0.2, 0) is 16.4 Å². The molecule has 0 aliphatic rings. The summed E-state index contributed by atoms with van der Waals surface area (Å²) in [4.78, 5) is 0.970. The first-order valence-corrected chi connectivity index (χ1v) is 8.68. The van der Waals surface area contributed by atoms with Crippen LogP contribution < -0.4 is 10.5 Å². The molecule has 1 aromatic carbocycles. The Balaban J connectivity index is 2.22. The van der Waals surface area contributed by atoms with Gasteiger partial charge in [0.05, 0.1) is 0 Å². The molecule has 0 amide bonds. The number of nitrogens with two attached hydrogens (primary N) is 1. The third kappa shape index (κ3) is 3.79. The second-order valence-corrected chi connectivity index (χ2v) is 7.87. The Hall–Kier alpha value is -0.890. The molecule has 2 aromatic rings. The zero-order chi connectivity index (χ0) is 13.9. The molecule has 0 fully saturated rings. The minimum Gasteiger partial charge on any atom is -0.330 e. The number of benzene rings is 1. The molecule has 0 aliphatic heterocycles. The van der Waals surface area contributed by atoms with E-state index in [1.54, 1.807) is 30.3 Å². The van der Waals surface area contributed by atoms with Crippen molar-refractivity contribution >= 4 is 43.0 Å². The molecule has 7 heteroatoms. The fourth-order valence-electron chi connectivity index (χ4n) is 1.54. The number of rotatable bonds is 5. The van der Waals surface area contributed by atoms with E-state index >= 15 is 0 Å². The molecule has 0 aliphatic carbocycles. The molecule has 0 spiro atoms. The Kier molecular flexibility index (Phi) is 4.62. The van der Waals surface area contributed by atoms with Gasteiger partial charge in [0, 0.05) is 15.0 Å². The van der Waals surface area contributed by atoms with Gasteiger partial charge in [0.1, 0.15) is 4.21 Å². The van der Waals surface area contributed by atoms with Crippen LogP contribution in [-0.4, -0.2) is 15.0 Å². The first-order chi connectivity index (χ1) is 9.01. The van der Waals surface area contributed by atoms with E-state index in [1.807, 2.05) is 6.07 Å². The highest BCUT2D eigenvalue weighted by atomic mass is 79.9. The molecular formula is C12H13BrN2O2S2. The Morgan fingerprint density at radius 2 is 2.05 bits per heavy atom. The highest BCUT2D eigenvalue weighted by Gasteiger charge is 2.16. The maximum absolute atomic E-state index is 12.2. The lowest BCUT2D eigenvalue weighted by Crippen LogP contribution is -2.11. The summed E-state index contributed by atoms with van der Waals surface area (Å²) in [6, 6.07) is 10.4. The quantitative estimate of drug-likeness (QED) is 0.860. The zero-order valence-corrected chi connectivity index (χ0v) is 13.2. The smallest absolute Gasteiger partial charge is 0.271 e. The largest absolute Gasteiger partial charge is 0.330 e. The first-order valence-electron chi connectivity index (χ1n) is 5.58. The van der Waals surface area contributed by atoms with E-state index in [4.69, 9.17) is 5.73 Å². The van der Waals surface area contributed by atoms with Crippen molar-refractivity contribution in [2.24, 2.45) is 5.73 Å². The van der Waals surface area contributed by atoms with Gasteiger partial charge in [0.15, 0.2) is 0 Å². The maximum atomic E-state index is 12.2. The van der Waals surface area contributed by atoms with Crippen molar-refractivity contribution in [2.45, 2.75) is 10.6 Å². The molecule has 0 radical (unpaired) electrons. The minimum absolute atomic E-state index is 0.302. The van der Waals surface area contributed by atoms with Crippen LogP contribution >= 0.6 is 27.3 Å². The Labute approximate surface area is 124 Å². The zero-order valence-electron chi connectivity index (χ0n) is 9.97. The fraction of sp³-hybridized carbons (Fsp3) is 0.167. The third-order valence-corrected chi connectivity index (χ3v) is 5.88. The van der Waals surface area contributed by atoms with Crippen LogP contribution in [0.25, 0.3) is 0 Å². The van der Waals surface area contributed by atoms with Crippen LogP contribution in [0.3, 0.4) is 0 Å². The van der Waals surface area contributed by atoms with Gasteiger partial charge in [-0.05, 0) is 43.3 Å². The lowest BCUT2D eigenvalue weighted by Gasteiger charge is -2.06. The van der Waals surface area contributed by atoms with Gasteiger partial charge in [-0.15, -0.1) is 11.3 Å². The number of halogens is 1. The van der Waals surface area contributed by atoms with Gasteiger partial charge in [0.25, 0.3) is 10.0 Å². The molecule has 0 bridgehead atoms. The molecule has 0 unspecified atom stereocenters. The monoisotopic (exact) mass is 360 g/mol. The summed E-state index contributed by atoms with van der Waals surface area (Å²) in [7, 11) is -3.52. The van der Waals surface area contributed by atoms with Crippen molar-refractivity contribution in [2.75, 3.05) is 11.3 Å². The number of anilines is 1. The summed E-state index contributed by atoms with van der Waals surface area (Å²) < 4.78 is 28.0. The Bertz CT molecular complexity index is 668.